The van der Waals surface area contributed by atoms with Crippen molar-refractivity contribution in [1.29, 1.82) is 0 Å². The molecule has 1 saturated heterocycles. The van der Waals surface area contributed by atoms with Gasteiger partial charge in [-0.3, -0.25) is 9.59 Å². The van der Waals surface area contributed by atoms with E-state index in [1.54, 1.807) is 11.8 Å². The van der Waals surface area contributed by atoms with E-state index >= 15 is 0 Å². The molecule has 0 aromatic heterocycles. The summed E-state index contributed by atoms with van der Waals surface area (Å²) >= 11 is 0. The van der Waals surface area contributed by atoms with E-state index in [1.807, 2.05) is 23.9 Å². The summed E-state index contributed by atoms with van der Waals surface area (Å²) in [7, 11) is 3.76. The predicted octanol–water partition coefficient (Wildman–Crippen LogP) is -0.761. The Morgan fingerprint density at radius 2 is 1.53 bits per heavy atom. The van der Waals surface area contributed by atoms with E-state index in [0.29, 0.717) is 32.7 Å². The summed E-state index contributed by atoms with van der Waals surface area (Å²) < 4.78 is 0. The average Bonchev–Trinajstić information content (AvgIpc) is 2.17. The van der Waals surface area contributed by atoms with E-state index in [1.165, 1.54) is 0 Å². The highest BCUT2D eigenvalue weighted by Crippen LogP contribution is 2.02. The summed E-state index contributed by atoms with van der Waals surface area (Å²) in [6, 6.07) is 0. The van der Waals surface area contributed by atoms with Gasteiger partial charge >= 0.3 is 0 Å². The van der Waals surface area contributed by atoms with Crippen LogP contribution < -0.4 is 0 Å². The highest BCUT2D eigenvalue weighted by atomic mass is 16.2. The third-order valence-corrected chi connectivity index (χ3v) is 2.53. The van der Waals surface area contributed by atoms with Crippen LogP contribution >= 0.6 is 0 Å². The minimum atomic E-state index is 0.0923. The lowest BCUT2D eigenvalue weighted by atomic mass is 10.3. The van der Waals surface area contributed by atoms with Gasteiger partial charge in [0.1, 0.15) is 0 Å². The number of likely N-dealkylation sites (N-methyl/N-ethyl adjacent to an activating group) is 1. The monoisotopic (exact) mass is 213 g/mol. The highest BCUT2D eigenvalue weighted by Gasteiger charge is 2.22. The second kappa shape index (κ2) is 5.11. The van der Waals surface area contributed by atoms with Crippen LogP contribution in [0.2, 0.25) is 0 Å². The van der Waals surface area contributed by atoms with E-state index < -0.39 is 0 Å². The molecule has 1 fully saturated rings. The van der Waals surface area contributed by atoms with Crippen LogP contribution in [0.5, 0.6) is 0 Å². The van der Waals surface area contributed by atoms with E-state index in [2.05, 4.69) is 0 Å². The van der Waals surface area contributed by atoms with E-state index in [9.17, 15) is 9.59 Å². The molecule has 1 rings (SSSR count). The van der Waals surface area contributed by atoms with Crippen LogP contribution in [0.4, 0.5) is 0 Å². The topological polar surface area (TPSA) is 43.9 Å². The Kier molecular flexibility index (Phi) is 4.08. The first-order valence-electron chi connectivity index (χ1n) is 5.18. The number of hydrogen-bond donors (Lipinski definition) is 0. The third-order valence-electron chi connectivity index (χ3n) is 2.53. The van der Waals surface area contributed by atoms with Crippen molar-refractivity contribution in [3.8, 4) is 0 Å². The lowest BCUT2D eigenvalue weighted by Crippen LogP contribution is -2.51. The molecule has 0 unspecified atom stereocenters. The molecule has 0 radical (unpaired) electrons. The Morgan fingerprint density at radius 3 is 1.93 bits per heavy atom. The molecule has 0 saturated carbocycles. The molecule has 1 heterocycles. The van der Waals surface area contributed by atoms with E-state index in [0.717, 1.165) is 0 Å². The fourth-order valence-corrected chi connectivity index (χ4v) is 1.64. The van der Waals surface area contributed by atoms with Gasteiger partial charge in [-0.05, 0) is 14.1 Å². The fourth-order valence-electron chi connectivity index (χ4n) is 1.64. The molecular formula is C10H19N3O2. The Labute approximate surface area is 90.6 Å². The SMILES string of the molecule is CC(=O)N1CCN(C(=O)CN(C)C)CC1. The summed E-state index contributed by atoms with van der Waals surface area (Å²) in [5.74, 6) is 0.234. The summed E-state index contributed by atoms with van der Waals surface area (Å²) in [5, 5.41) is 0. The zero-order valence-corrected chi connectivity index (χ0v) is 9.69. The molecule has 2 amide bonds. The van der Waals surface area contributed by atoms with Crippen LogP contribution in [-0.4, -0.2) is 73.3 Å². The van der Waals surface area contributed by atoms with Crippen LogP contribution in [0.25, 0.3) is 0 Å². The molecule has 1 aliphatic rings. The van der Waals surface area contributed by atoms with Gasteiger partial charge in [0.15, 0.2) is 0 Å². The molecule has 0 aromatic rings. The van der Waals surface area contributed by atoms with Gasteiger partial charge in [0.05, 0.1) is 6.54 Å². The number of amides is 2. The number of nitrogens with zero attached hydrogens (tertiary/aromatic N) is 3. The van der Waals surface area contributed by atoms with Crippen LogP contribution in [-0.2, 0) is 9.59 Å². The van der Waals surface area contributed by atoms with Crippen molar-refractivity contribution >= 4 is 11.8 Å². The molecule has 15 heavy (non-hydrogen) atoms. The molecule has 5 heteroatoms. The van der Waals surface area contributed by atoms with Crippen molar-refractivity contribution < 1.29 is 9.59 Å². The predicted molar refractivity (Wildman–Crippen MR) is 57.4 cm³/mol. The highest BCUT2D eigenvalue weighted by molar-refractivity contribution is 5.79. The maximum Gasteiger partial charge on any atom is 0.236 e. The smallest absolute Gasteiger partial charge is 0.236 e. The second-order valence-electron chi connectivity index (χ2n) is 4.12. The van der Waals surface area contributed by atoms with Gasteiger partial charge in [-0.15, -0.1) is 0 Å². The molecule has 0 atom stereocenters. The maximum absolute atomic E-state index is 11.7. The molecule has 1 aliphatic heterocycles. The first kappa shape index (κ1) is 12.0. The maximum atomic E-state index is 11.7. The lowest BCUT2D eigenvalue weighted by molar-refractivity contribution is -0.138. The Hall–Kier alpha value is -1.10. The summed E-state index contributed by atoms with van der Waals surface area (Å²) in [4.78, 5) is 28.2. The average molecular weight is 213 g/mol. The van der Waals surface area contributed by atoms with Gasteiger partial charge < -0.3 is 14.7 Å². The molecule has 86 valence electrons. The van der Waals surface area contributed by atoms with Gasteiger partial charge in [0, 0.05) is 33.1 Å². The second-order valence-corrected chi connectivity index (χ2v) is 4.12. The van der Waals surface area contributed by atoms with Gasteiger partial charge in [-0.1, -0.05) is 0 Å². The number of rotatable bonds is 2. The van der Waals surface area contributed by atoms with E-state index in [4.69, 9.17) is 0 Å². The standard InChI is InChI=1S/C10H19N3O2/c1-9(14)12-4-6-13(7-5-12)10(15)8-11(2)3/h4-8H2,1-3H3. The number of hydrogen-bond acceptors (Lipinski definition) is 3. The largest absolute Gasteiger partial charge is 0.339 e. The summed E-state index contributed by atoms with van der Waals surface area (Å²) in [6.45, 7) is 4.65. The van der Waals surface area contributed by atoms with Gasteiger partial charge in [0.25, 0.3) is 0 Å². The Bertz CT molecular complexity index is 245. The Balaban J connectivity index is 2.37. The molecule has 0 N–H and O–H groups in total. The first-order valence-corrected chi connectivity index (χ1v) is 5.18. The van der Waals surface area contributed by atoms with Crippen molar-refractivity contribution in [2.24, 2.45) is 0 Å². The summed E-state index contributed by atoms with van der Waals surface area (Å²) in [6.07, 6.45) is 0. The van der Waals surface area contributed by atoms with Crippen molar-refractivity contribution in [2.75, 3.05) is 46.8 Å². The first-order chi connectivity index (χ1) is 7.00. The fraction of sp³-hybridized carbons (Fsp3) is 0.800. The van der Waals surface area contributed by atoms with Gasteiger partial charge in [-0.25, -0.2) is 0 Å². The molecule has 0 spiro atoms. The molecular weight excluding hydrogens is 194 g/mol. The Morgan fingerprint density at radius 1 is 1.07 bits per heavy atom. The lowest BCUT2D eigenvalue weighted by Gasteiger charge is -2.34. The normalized spacial score (nSPS) is 17.1. The minimum absolute atomic E-state index is 0.0923. The number of carbonyl (C=O) groups is 2. The molecule has 0 aromatic carbocycles. The van der Waals surface area contributed by atoms with Crippen molar-refractivity contribution in [3.05, 3.63) is 0 Å². The van der Waals surface area contributed by atoms with Crippen LogP contribution in [0.1, 0.15) is 6.92 Å². The van der Waals surface area contributed by atoms with Crippen LogP contribution in [0, 0.1) is 0 Å². The van der Waals surface area contributed by atoms with Crippen LogP contribution in [0.15, 0.2) is 0 Å². The molecule has 5 nitrogen and oxygen atoms in total. The summed E-state index contributed by atoms with van der Waals surface area (Å²) in [5.41, 5.74) is 0. The zero-order chi connectivity index (χ0) is 11.4. The molecule has 0 bridgehead atoms. The third kappa shape index (κ3) is 3.51. The van der Waals surface area contributed by atoms with Crippen molar-refractivity contribution in [3.63, 3.8) is 0 Å². The zero-order valence-electron chi connectivity index (χ0n) is 9.69. The van der Waals surface area contributed by atoms with E-state index in [-0.39, 0.29) is 11.8 Å². The van der Waals surface area contributed by atoms with Crippen molar-refractivity contribution in [1.82, 2.24) is 14.7 Å². The minimum Gasteiger partial charge on any atom is -0.339 e. The number of piperazine rings is 1. The van der Waals surface area contributed by atoms with Gasteiger partial charge in [-0.2, -0.15) is 0 Å². The number of carbonyl (C=O) groups excluding carboxylic acids is 2. The van der Waals surface area contributed by atoms with Crippen molar-refractivity contribution in [2.45, 2.75) is 6.92 Å². The van der Waals surface area contributed by atoms with Crippen LogP contribution in [0.3, 0.4) is 0 Å². The molecule has 0 aliphatic carbocycles. The quantitative estimate of drug-likeness (QED) is 0.605. The van der Waals surface area contributed by atoms with Gasteiger partial charge in [0.2, 0.25) is 11.8 Å².